The first kappa shape index (κ1) is 15.7. The number of sulfonamides is 1. The highest BCUT2D eigenvalue weighted by molar-refractivity contribution is 7.89. The quantitative estimate of drug-likeness (QED) is 0.707. The van der Waals surface area contributed by atoms with Gasteiger partial charge in [-0.1, -0.05) is 18.5 Å². The number of carbonyl (C=O) groups is 1. The van der Waals surface area contributed by atoms with Crippen molar-refractivity contribution in [1.82, 2.24) is 4.72 Å². The summed E-state index contributed by atoms with van der Waals surface area (Å²) in [6.07, 6.45) is 0. The van der Waals surface area contributed by atoms with E-state index in [0.29, 0.717) is 17.3 Å². The van der Waals surface area contributed by atoms with Crippen LogP contribution in [0.5, 0.6) is 0 Å². The zero-order valence-electron chi connectivity index (χ0n) is 10.3. The summed E-state index contributed by atoms with van der Waals surface area (Å²) in [6, 6.07) is 4.28. The molecule has 0 aromatic heterocycles. The molecule has 8 heteroatoms. The van der Waals surface area contributed by atoms with Crippen LogP contribution in [0.25, 0.3) is 0 Å². The Morgan fingerprint density at radius 1 is 1.42 bits per heavy atom. The lowest BCUT2D eigenvalue weighted by atomic mass is 10.2. The fourth-order valence-corrected chi connectivity index (χ4v) is 2.59. The van der Waals surface area contributed by atoms with Crippen LogP contribution in [0.15, 0.2) is 18.2 Å². The van der Waals surface area contributed by atoms with Crippen molar-refractivity contribution in [2.75, 3.05) is 24.2 Å². The number of carboxylic acid groups (broad SMARTS) is 1. The van der Waals surface area contributed by atoms with Crippen LogP contribution in [0.4, 0.5) is 5.69 Å². The molecule has 1 aromatic carbocycles. The molecule has 106 valence electrons. The Kier molecular flexibility index (Phi) is 5.59. The van der Waals surface area contributed by atoms with E-state index in [4.69, 9.17) is 16.7 Å². The first-order chi connectivity index (χ1) is 8.85. The van der Waals surface area contributed by atoms with Crippen molar-refractivity contribution < 1.29 is 18.3 Å². The van der Waals surface area contributed by atoms with E-state index in [-0.39, 0.29) is 17.9 Å². The maximum absolute atomic E-state index is 11.4. The third kappa shape index (κ3) is 5.06. The van der Waals surface area contributed by atoms with Gasteiger partial charge in [-0.2, -0.15) is 0 Å². The fraction of sp³-hybridized carbons (Fsp3) is 0.364. The Balaban J connectivity index is 2.73. The highest BCUT2D eigenvalue weighted by Crippen LogP contribution is 2.20. The van der Waals surface area contributed by atoms with E-state index < -0.39 is 16.0 Å². The van der Waals surface area contributed by atoms with Crippen LogP contribution in [-0.2, 0) is 10.0 Å². The smallest absolute Gasteiger partial charge is 0.337 e. The number of aromatic carboxylic acids is 1. The summed E-state index contributed by atoms with van der Waals surface area (Å²) in [5.74, 6) is -1.25. The van der Waals surface area contributed by atoms with Crippen LogP contribution in [0.1, 0.15) is 17.3 Å². The van der Waals surface area contributed by atoms with Crippen molar-refractivity contribution in [2.24, 2.45) is 0 Å². The molecule has 19 heavy (non-hydrogen) atoms. The third-order valence-electron chi connectivity index (χ3n) is 2.26. The second-order valence-corrected chi connectivity index (χ2v) is 6.10. The molecule has 0 saturated carbocycles. The van der Waals surface area contributed by atoms with Crippen LogP contribution >= 0.6 is 11.6 Å². The van der Waals surface area contributed by atoms with Gasteiger partial charge in [0.15, 0.2) is 0 Å². The van der Waals surface area contributed by atoms with Crippen LogP contribution in [0, 0.1) is 0 Å². The number of halogens is 1. The van der Waals surface area contributed by atoms with Crippen molar-refractivity contribution in [3.05, 3.63) is 28.8 Å². The van der Waals surface area contributed by atoms with Crippen molar-refractivity contribution >= 4 is 33.3 Å². The SMILES string of the molecule is CCNS(=O)(=O)CCNc1cc(Cl)ccc1C(=O)O. The molecule has 0 unspecified atom stereocenters. The van der Waals surface area contributed by atoms with E-state index in [9.17, 15) is 13.2 Å². The summed E-state index contributed by atoms with van der Waals surface area (Å²) >= 11 is 5.78. The molecule has 1 rings (SSSR count). The highest BCUT2D eigenvalue weighted by atomic mass is 35.5. The van der Waals surface area contributed by atoms with Crippen molar-refractivity contribution in [2.45, 2.75) is 6.92 Å². The second-order valence-electron chi connectivity index (χ2n) is 3.74. The molecule has 0 amide bonds. The summed E-state index contributed by atoms with van der Waals surface area (Å²) in [5.41, 5.74) is 0.344. The maximum atomic E-state index is 11.4. The number of hydrogen-bond donors (Lipinski definition) is 3. The van der Waals surface area contributed by atoms with Gasteiger partial charge in [0.05, 0.1) is 17.0 Å². The van der Waals surface area contributed by atoms with E-state index in [1.165, 1.54) is 18.2 Å². The Bertz CT molecular complexity index is 560. The van der Waals surface area contributed by atoms with Gasteiger partial charge in [0.2, 0.25) is 10.0 Å². The summed E-state index contributed by atoms with van der Waals surface area (Å²) in [4.78, 5) is 11.0. The van der Waals surface area contributed by atoms with Crippen LogP contribution in [0.2, 0.25) is 5.02 Å². The molecule has 0 aliphatic rings. The maximum Gasteiger partial charge on any atom is 0.337 e. The topological polar surface area (TPSA) is 95.5 Å². The van der Waals surface area contributed by atoms with Crippen molar-refractivity contribution in [3.63, 3.8) is 0 Å². The molecular weight excluding hydrogens is 292 g/mol. The summed E-state index contributed by atoms with van der Waals surface area (Å²) in [6.45, 7) is 2.10. The minimum Gasteiger partial charge on any atom is -0.478 e. The average molecular weight is 307 g/mol. The molecule has 0 radical (unpaired) electrons. The van der Waals surface area contributed by atoms with E-state index in [0.717, 1.165) is 0 Å². The predicted molar refractivity (Wildman–Crippen MR) is 74.4 cm³/mol. The molecule has 0 aliphatic carbocycles. The monoisotopic (exact) mass is 306 g/mol. The van der Waals surface area contributed by atoms with Gasteiger partial charge in [-0.05, 0) is 18.2 Å². The molecule has 0 spiro atoms. The third-order valence-corrected chi connectivity index (χ3v) is 3.97. The Labute approximate surface area is 116 Å². The van der Waals surface area contributed by atoms with E-state index in [1.807, 2.05) is 0 Å². The first-order valence-electron chi connectivity index (χ1n) is 5.60. The van der Waals surface area contributed by atoms with E-state index in [2.05, 4.69) is 10.0 Å². The molecule has 1 aromatic rings. The predicted octanol–water partition coefficient (Wildman–Crippen LogP) is 1.39. The number of nitrogens with one attached hydrogen (secondary N) is 2. The Hall–Kier alpha value is -1.31. The van der Waals surface area contributed by atoms with Crippen LogP contribution in [0.3, 0.4) is 0 Å². The Morgan fingerprint density at radius 2 is 2.11 bits per heavy atom. The van der Waals surface area contributed by atoms with Crippen LogP contribution in [-0.4, -0.2) is 38.3 Å². The van der Waals surface area contributed by atoms with Gasteiger partial charge < -0.3 is 10.4 Å². The molecule has 0 saturated heterocycles. The first-order valence-corrected chi connectivity index (χ1v) is 7.63. The van der Waals surface area contributed by atoms with Crippen molar-refractivity contribution in [3.8, 4) is 0 Å². The van der Waals surface area contributed by atoms with Gasteiger partial charge in [-0.25, -0.2) is 17.9 Å². The van der Waals surface area contributed by atoms with Gasteiger partial charge in [0.1, 0.15) is 0 Å². The van der Waals surface area contributed by atoms with Crippen molar-refractivity contribution in [1.29, 1.82) is 0 Å². The molecular formula is C11H15ClN2O4S. The largest absolute Gasteiger partial charge is 0.478 e. The lowest BCUT2D eigenvalue weighted by Gasteiger charge is -2.10. The van der Waals surface area contributed by atoms with E-state index >= 15 is 0 Å². The fourth-order valence-electron chi connectivity index (χ4n) is 1.46. The molecule has 6 nitrogen and oxygen atoms in total. The average Bonchev–Trinajstić information content (AvgIpc) is 2.28. The highest BCUT2D eigenvalue weighted by Gasteiger charge is 2.12. The van der Waals surface area contributed by atoms with E-state index in [1.54, 1.807) is 6.92 Å². The van der Waals surface area contributed by atoms with Gasteiger partial charge in [-0.15, -0.1) is 0 Å². The van der Waals surface area contributed by atoms with Gasteiger partial charge in [0.25, 0.3) is 0 Å². The molecule has 0 heterocycles. The summed E-state index contributed by atoms with van der Waals surface area (Å²) < 4.78 is 25.2. The van der Waals surface area contributed by atoms with Gasteiger partial charge in [-0.3, -0.25) is 0 Å². The molecule has 0 aliphatic heterocycles. The zero-order valence-corrected chi connectivity index (χ0v) is 11.9. The molecule has 3 N–H and O–H groups in total. The number of hydrogen-bond acceptors (Lipinski definition) is 4. The van der Waals surface area contributed by atoms with Crippen LogP contribution < -0.4 is 10.0 Å². The van der Waals surface area contributed by atoms with Gasteiger partial charge in [0, 0.05) is 18.1 Å². The second kappa shape index (κ2) is 6.74. The summed E-state index contributed by atoms with van der Waals surface area (Å²) in [5, 5.41) is 12.1. The molecule has 0 fully saturated rings. The Morgan fingerprint density at radius 3 is 2.68 bits per heavy atom. The number of rotatable bonds is 7. The van der Waals surface area contributed by atoms with Gasteiger partial charge >= 0.3 is 5.97 Å². The minimum absolute atomic E-state index is 0.0465. The molecule has 0 bridgehead atoms. The zero-order chi connectivity index (χ0) is 14.5. The standard InChI is InChI=1S/C11H15ClN2O4S/c1-2-14-19(17,18)6-5-13-10-7-8(12)3-4-9(10)11(15)16/h3-4,7,13-14H,2,5-6H2,1H3,(H,15,16). The summed E-state index contributed by atoms with van der Waals surface area (Å²) in [7, 11) is -3.34. The minimum atomic E-state index is -3.34. The lowest BCUT2D eigenvalue weighted by Crippen LogP contribution is -2.29. The normalized spacial score (nSPS) is 11.3. The number of benzene rings is 1. The number of anilines is 1. The lowest BCUT2D eigenvalue weighted by molar-refractivity contribution is 0.0698. The number of carboxylic acids is 1. The molecule has 0 atom stereocenters.